The summed E-state index contributed by atoms with van der Waals surface area (Å²) in [5.74, 6) is 0. The largest absolute Gasteiger partial charge is 0.194 e. The minimum atomic E-state index is -0.235. The zero-order chi connectivity index (χ0) is 6.97. The second kappa shape index (κ2) is 2.06. The summed E-state index contributed by atoms with van der Waals surface area (Å²) in [4.78, 5) is 0. The van der Waals surface area contributed by atoms with E-state index in [1.807, 2.05) is 24.3 Å². The van der Waals surface area contributed by atoms with E-state index in [1.54, 1.807) is 0 Å². The zero-order valence-electron chi connectivity index (χ0n) is 5.10. The fourth-order valence-electron chi connectivity index (χ4n) is 0.887. The third-order valence-corrected chi connectivity index (χ3v) is 2.18. The summed E-state index contributed by atoms with van der Waals surface area (Å²) in [5.41, 5.74) is 0. The molecule has 0 aliphatic carbocycles. The van der Waals surface area contributed by atoms with Gasteiger partial charge >= 0.3 is 0 Å². The van der Waals surface area contributed by atoms with Crippen LogP contribution in [0.15, 0.2) is 24.3 Å². The van der Waals surface area contributed by atoms with Crippen molar-refractivity contribution in [1.29, 1.82) is 0 Å². The summed E-state index contributed by atoms with van der Waals surface area (Å²) < 4.78 is 13.4. The summed E-state index contributed by atoms with van der Waals surface area (Å²) in [6, 6.07) is 10.1. The number of hydrogen-bond acceptors (Lipinski definition) is 1. The highest BCUT2D eigenvalue weighted by Gasteiger charge is 1.97. The minimum absolute atomic E-state index is 0.235. The first-order valence-corrected chi connectivity index (χ1v) is 3.74. The molecule has 49 valence electrons. The van der Waals surface area contributed by atoms with Crippen molar-refractivity contribution in [2.24, 2.45) is 0 Å². The first kappa shape index (κ1) is 5.86. The van der Waals surface area contributed by atoms with Crippen LogP contribution in [0.2, 0.25) is 0 Å². The van der Waals surface area contributed by atoms with Gasteiger partial charge in [-0.3, -0.25) is 0 Å². The molecule has 0 bridgehead atoms. The van der Waals surface area contributed by atoms with Crippen LogP contribution in [0.4, 0.5) is 4.39 Å². The standard InChI is InChI=1S/C8H4FS/c9-8-5-6-3-1-2-4-7(6)10-8/h1-4H. The lowest BCUT2D eigenvalue weighted by Crippen LogP contribution is -1.57. The van der Waals surface area contributed by atoms with Gasteiger partial charge in [0, 0.05) is 16.2 Å². The predicted octanol–water partition coefficient (Wildman–Crippen LogP) is 2.84. The number of benzene rings is 1. The van der Waals surface area contributed by atoms with Gasteiger partial charge in [0.1, 0.15) is 0 Å². The normalized spacial score (nSPS) is 10.5. The molecule has 10 heavy (non-hydrogen) atoms. The fourth-order valence-corrected chi connectivity index (χ4v) is 1.62. The molecular formula is C8H4FS. The van der Waals surface area contributed by atoms with Crippen molar-refractivity contribution in [2.45, 2.75) is 0 Å². The molecule has 2 aromatic rings. The smallest absolute Gasteiger partial charge is 0.185 e. The topological polar surface area (TPSA) is 0 Å². The third kappa shape index (κ3) is 0.809. The molecule has 1 heterocycles. The van der Waals surface area contributed by atoms with E-state index in [9.17, 15) is 4.39 Å². The van der Waals surface area contributed by atoms with Crippen molar-refractivity contribution < 1.29 is 4.39 Å². The average molecular weight is 151 g/mol. The Balaban J connectivity index is 2.88. The molecule has 0 saturated heterocycles. The van der Waals surface area contributed by atoms with Gasteiger partial charge in [-0.15, -0.1) is 11.3 Å². The van der Waals surface area contributed by atoms with Crippen LogP contribution in [0.1, 0.15) is 0 Å². The van der Waals surface area contributed by atoms with E-state index in [0.29, 0.717) is 0 Å². The fraction of sp³-hybridized carbons (Fsp3) is 0. The van der Waals surface area contributed by atoms with Gasteiger partial charge in [-0.2, -0.15) is 4.39 Å². The molecule has 0 N–H and O–H groups in total. The van der Waals surface area contributed by atoms with Gasteiger partial charge in [0.25, 0.3) is 0 Å². The van der Waals surface area contributed by atoms with E-state index >= 15 is 0 Å². The van der Waals surface area contributed by atoms with Crippen molar-refractivity contribution >= 4 is 21.4 Å². The van der Waals surface area contributed by atoms with Crippen LogP contribution >= 0.6 is 11.3 Å². The van der Waals surface area contributed by atoms with E-state index in [4.69, 9.17) is 0 Å². The summed E-state index contributed by atoms with van der Waals surface area (Å²) in [5, 5.41) is 0.631. The molecule has 1 aromatic heterocycles. The monoisotopic (exact) mass is 151 g/mol. The number of hydrogen-bond donors (Lipinski definition) is 0. The second-order valence-electron chi connectivity index (χ2n) is 2.00. The molecular weight excluding hydrogens is 147 g/mol. The van der Waals surface area contributed by atoms with E-state index in [2.05, 4.69) is 6.07 Å². The van der Waals surface area contributed by atoms with Gasteiger partial charge in [-0.1, -0.05) is 18.2 Å². The molecule has 0 amide bonds. The molecule has 0 saturated carbocycles. The Morgan fingerprint density at radius 3 is 2.90 bits per heavy atom. The van der Waals surface area contributed by atoms with Crippen LogP contribution in [0.3, 0.4) is 0 Å². The molecule has 0 aliphatic rings. The Labute approximate surface area is 61.9 Å². The van der Waals surface area contributed by atoms with Gasteiger partial charge in [0.15, 0.2) is 5.13 Å². The van der Waals surface area contributed by atoms with E-state index in [1.165, 1.54) is 0 Å². The van der Waals surface area contributed by atoms with Crippen molar-refractivity contribution in [1.82, 2.24) is 0 Å². The molecule has 1 radical (unpaired) electrons. The maximum atomic E-state index is 12.5. The predicted molar refractivity (Wildman–Crippen MR) is 40.6 cm³/mol. The van der Waals surface area contributed by atoms with Crippen molar-refractivity contribution in [3.8, 4) is 0 Å². The molecule has 2 heteroatoms. The van der Waals surface area contributed by atoms with Gasteiger partial charge in [-0.25, -0.2) is 0 Å². The average Bonchev–Trinajstić information content (AvgIpc) is 2.27. The maximum Gasteiger partial charge on any atom is 0.185 e. The van der Waals surface area contributed by atoms with Gasteiger partial charge in [0.2, 0.25) is 0 Å². The molecule has 0 atom stereocenters. The van der Waals surface area contributed by atoms with Crippen molar-refractivity contribution in [2.75, 3.05) is 0 Å². The minimum Gasteiger partial charge on any atom is -0.194 e. The Morgan fingerprint density at radius 2 is 2.10 bits per heavy atom. The van der Waals surface area contributed by atoms with Crippen LogP contribution in [0.5, 0.6) is 0 Å². The molecule has 0 aliphatic heterocycles. The molecule has 0 nitrogen and oxygen atoms in total. The van der Waals surface area contributed by atoms with Gasteiger partial charge in [0.05, 0.1) is 0 Å². The van der Waals surface area contributed by atoms with Crippen LogP contribution in [0, 0.1) is 11.2 Å². The van der Waals surface area contributed by atoms with Crippen molar-refractivity contribution in [3.63, 3.8) is 0 Å². The highest BCUT2D eigenvalue weighted by molar-refractivity contribution is 7.17. The highest BCUT2D eigenvalue weighted by atomic mass is 32.1. The van der Waals surface area contributed by atoms with E-state index < -0.39 is 0 Å². The van der Waals surface area contributed by atoms with Crippen LogP contribution in [-0.2, 0) is 0 Å². The Kier molecular flexibility index (Phi) is 1.21. The maximum absolute atomic E-state index is 12.5. The Hall–Kier alpha value is -0.890. The first-order chi connectivity index (χ1) is 4.86. The van der Waals surface area contributed by atoms with E-state index in [0.717, 1.165) is 21.4 Å². The molecule has 1 aromatic carbocycles. The molecule has 0 unspecified atom stereocenters. The Morgan fingerprint density at radius 1 is 1.30 bits per heavy atom. The second-order valence-corrected chi connectivity index (χ2v) is 3.00. The van der Waals surface area contributed by atoms with E-state index in [-0.39, 0.29) is 5.13 Å². The van der Waals surface area contributed by atoms with Crippen molar-refractivity contribution in [3.05, 3.63) is 35.5 Å². The van der Waals surface area contributed by atoms with Crippen LogP contribution < -0.4 is 0 Å². The first-order valence-electron chi connectivity index (χ1n) is 2.92. The summed E-state index contributed by atoms with van der Waals surface area (Å²) in [7, 11) is 0. The number of thiophene rings is 1. The molecule has 2 rings (SSSR count). The summed E-state index contributed by atoms with van der Waals surface area (Å²) in [6.07, 6.45) is 0. The van der Waals surface area contributed by atoms with Crippen LogP contribution in [-0.4, -0.2) is 0 Å². The lowest BCUT2D eigenvalue weighted by molar-refractivity contribution is 0.656. The number of halogens is 1. The highest BCUT2D eigenvalue weighted by Crippen LogP contribution is 2.22. The third-order valence-electron chi connectivity index (χ3n) is 1.32. The molecule has 0 fully saturated rings. The lowest BCUT2D eigenvalue weighted by atomic mass is 10.3. The molecule has 0 spiro atoms. The summed E-state index contributed by atoms with van der Waals surface area (Å²) >= 11 is 1.13. The van der Waals surface area contributed by atoms with Gasteiger partial charge < -0.3 is 0 Å². The van der Waals surface area contributed by atoms with Crippen LogP contribution in [0.25, 0.3) is 10.1 Å². The number of fused-ring (bicyclic) bond motifs is 1. The Bertz CT molecular complexity index is 318. The zero-order valence-corrected chi connectivity index (χ0v) is 5.91. The van der Waals surface area contributed by atoms with Gasteiger partial charge in [-0.05, 0) is 6.07 Å². The number of rotatable bonds is 0. The summed E-state index contributed by atoms with van der Waals surface area (Å²) in [6.45, 7) is 0. The lowest BCUT2D eigenvalue weighted by Gasteiger charge is -1.81. The SMILES string of the molecule is Fc1[c]c2ccccc2s1. The quantitative estimate of drug-likeness (QED) is 0.543.